The van der Waals surface area contributed by atoms with Crippen molar-refractivity contribution in [3.63, 3.8) is 0 Å². The number of benzene rings is 1. The van der Waals surface area contributed by atoms with E-state index in [9.17, 15) is 9.90 Å². The van der Waals surface area contributed by atoms with Crippen LogP contribution >= 0.6 is 0 Å². The van der Waals surface area contributed by atoms with Gasteiger partial charge in [-0.3, -0.25) is 4.79 Å². The van der Waals surface area contributed by atoms with Crippen molar-refractivity contribution >= 4 is 5.97 Å². The Morgan fingerprint density at radius 3 is 2.67 bits per heavy atom. The fourth-order valence-corrected chi connectivity index (χ4v) is 3.32. The van der Waals surface area contributed by atoms with Crippen LogP contribution in [0.4, 0.5) is 0 Å². The average Bonchev–Trinajstić information content (AvgIpc) is 2.48. The Labute approximate surface area is 126 Å². The number of methoxy groups -OCH3 is 1. The molecular weight excluding hydrogens is 266 g/mol. The van der Waals surface area contributed by atoms with Gasteiger partial charge in [0.25, 0.3) is 0 Å². The van der Waals surface area contributed by atoms with Gasteiger partial charge in [0, 0.05) is 13.1 Å². The van der Waals surface area contributed by atoms with Crippen LogP contribution in [-0.4, -0.2) is 36.7 Å². The molecule has 0 bridgehead atoms. The minimum Gasteiger partial charge on any atom is -0.497 e. The number of carbonyl (C=O) groups is 1. The summed E-state index contributed by atoms with van der Waals surface area (Å²) in [5, 5.41) is 9.64. The molecule has 1 aliphatic rings. The van der Waals surface area contributed by atoms with Crippen LogP contribution in [0.3, 0.4) is 0 Å². The third-order valence-corrected chi connectivity index (χ3v) is 4.42. The number of nitrogens with zero attached hydrogens (tertiary/aromatic N) is 1. The minimum atomic E-state index is -0.639. The van der Waals surface area contributed by atoms with Gasteiger partial charge < -0.3 is 14.7 Å². The third-order valence-electron chi connectivity index (χ3n) is 4.42. The minimum absolute atomic E-state index is 0.564. The molecule has 0 aromatic heterocycles. The normalized spacial score (nSPS) is 17.7. The van der Waals surface area contributed by atoms with Crippen molar-refractivity contribution < 1.29 is 14.6 Å². The van der Waals surface area contributed by atoms with Crippen molar-refractivity contribution in [3.8, 4) is 5.75 Å². The molecule has 1 aromatic rings. The van der Waals surface area contributed by atoms with E-state index in [-0.39, 0.29) is 0 Å². The first-order valence-corrected chi connectivity index (χ1v) is 7.61. The Kier molecular flexibility index (Phi) is 5.23. The van der Waals surface area contributed by atoms with Gasteiger partial charge in [0.1, 0.15) is 5.75 Å². The van der Waals surface area contributed by atoms with Crippen LogP contribution in [0.5, 0.6) is 5.75 Å². The topological polar surface area (TPSA) is 49.8 Å². The van der Waals surface area contributed by atoms with Gasteiger partial charge in [-0.2, -0.15) is 0 Å². The highest BCUT2D eigenvalue weighted by atomic mass is 16.5. The van der Waals surface area contributed by atoms with Gasteiger partial charge in [-0.15, -0.1) is 0 Å². The molecule has 0 unspecified atom stereocenters. The Morgan fingerprint density at radius 2 is 2.05 bits per heavy atom. The molecule has 0 saturated heterocycles. The van der Waals surface area contributed by atoms with Gasteiger partial charge in [0.05, 0.1) is 12.5 Å². The van der Waals surface area contributed by atoms with Crippen molar-refractivity contribution in [3.05, 3.63) is 29.8 Å². The fourth-order valence-electron chi connectivity index (χ4n) is 3.32. The van der Waals surface area contributed by atoms with Gasteiger partial charge in [0.15, 0.2) is 0 Å². The van der Waals surface area contributed by atoms with Crippen LogP contribution < -0.4 is 4.74 Å². The van der Waals surface area contributed by atoms with Gasteiger partial charge in [0.2, 0.25) is 0 Å². The lowest BCUT2D eigenvalue weighted by Crippen LogP contribution is -2.43. The number of aliphatic carboxylic acids is 1. The number of hydrogen-bond acceptors (Lipinski definition) is 3. The largest absolute Gasteiger partial charge is 0.497 e. The monoisotopic (exact) mass is 291 g/mol. The van der Waals surface area contributed by atoms with Crippen LogP contribution in [-0.2, 0) is 11.3 Å². The van der Waals surface area contributed by atoms with E-state index in [1.54, 1.807) is 7.11 Å². The molecule has 116 valence electrons. The van der Waals surface area contributed by atoms with Crippen molar-refractivity contribution in [1.82, 2.24) is 4.90 Å². The van der Waals surface area contributed by atoms with Crippen LogP contribution in [0.25, 0.3) is 0 Å². The number of hydrogen-bond donors (Lipinski definition) is 1. The highest BCUT2D eigenvalue weighted by Gasteiger charge is 2.40. The summed E-state index contributed by atoms with van der Waals surface area (Å²) in [6.45, 7) is 1.35. The fraction of sp³-hybridized carbons (Fsp3) is 0.588. The average molecular weight is 291 g/mol. The van der Waals surface area contributed by atoms with Gasteiger partial charge in [-0.1, -0.05) is 31.4 Å². The summed E-state index contributed by atoms with van der Waals surface area (Å²) >= 11 is 0. The van der Waals surface area contributed by atoms with Crippen LogP contribution in [0.1, 0.15) is 37.7 Å². The molecule has 1 aliphatic carbocycles. The second kappa shape index (κ2) is 6.94. The molecule has 0 atom stereocenters. The Hall–Kier alpha value is -1.55. The first-order chi connectivity index (χ1) is 10.1. The maximum Gasteiger partial charge on any atom is 0.310 e. The zero-order valence-corrected chi connectivity index (χ0v) is 13.0. The summed E-state index contributed by atoms with van der Waals surface area (Å²) in [4.78, 5) is 13.8. The van der Waals surface area contributed by atoms with E-state index in [1.165, 1.54) is 0 Å². The Morgan fingerprint density at radius 1 is 1.33 bits per heavy atom. The molecule has 1 saturated carbocycles. The third kappa shape index (κ3) is 3.97. The van der Waals surface area contributed by atoms with Gasteiger partial charge >= 0.3 is 5.97 Å². The van der Waals surface area contributed by atoms with Crippen LogP contribution in [0, 0.1) is 5.41 Å². The highest BCUT2D eigenvalue weighted by Crippen LogP contribution is 2.37. The van der Waals surface area contributed by atoms with Crippen LogP contribution in [0.15, 0.2) is 24.3 Å². The molecule has 4 heteroatoms. The maximum absolute atomic E-state index is 11.7. The summed E-state index contributed by atoms with van der Waals surface area (Å²) in [5.41, 5.74) is 0.583. The molecule has 21 heavy (non-hydrogen) atoms. The zero-order valence-electron chi connectivity index (χ0n) is 13.0. The molecule has 0 radical (unpaired) electrons. The first kappa shape index (κ1) is 15.8. The molecule has 0 amide bonds. The lowest BCUT2D eigenvalue weighted by Gasteiger charge is -2.36. The maximum atomic E-state index is 11.7. The number of carboxylic acids is 1. The van der Waals surface area contributed by atoms with Gasteiger partial charge in [-0.05, 0) is 37.6 Å². The Balaban J connectivity index is 2.01. The first-order valence-electron chi connectivity index (χ1n) is 7.61. The summed E-state index contributed by atoms with van der Waals surface area (Å²) in [5.74, 6) is 0.200. The van der Waals surface area contributed by atoms with Crippen molar-refractivity contribution in [2.24, 2.45) is 5.41 Å². The molecule has 2 rings (SSSR count). The van der Waals surface area contributed by atoms with E-state index in [2.05, 4.69) is 4.90 Å². The van der Waals surface area contributed by atoms with E-state index < -0.39 is 11.4 Å². The molecule has 1 aromatic carbocycles. The van der Waals surface area contributed by atoms with Crippen molar-refractivity contribution in [2.75, 3.05) is 20.7 Å². The van der Waals surface area contributed by atoms with Crippen molar-refractivity contribution in [2.45, 2.75) is 38.6 Å². The lowest BCUT2D eigenvalue weighted by molar-refractivity contribution is -0.152. The van der Waals surface area contributed by atoms with E-state index in [0.29, 0.717) is 6.54 Å². The molecule has 0 spiro atoms. The molecule has 1 N–H and O–H groups in total. The predicted molar refractivity (Wildman–Crippen MR) is 82.5 cm³/mol. The summed E-state index contributed by atoms with van der Waals surface area (Å²) in [6.07, 6.45) is 4.81. The number of rotatable bonds is 6. The Bertz CT molecular complexity index is 481. The van der Waals surface area contributed by atoms with E-state index >= 15 is 0 Å². The quantitative estimate of drug-likeness (QED) is 0.874. The van der Waals surface area contributed by atoms with Gasteiger partial charge in [-0.25, -0.2) is 0 Å². The van der Waals surface area contributed by atoms with Crippen LogP contribution in [0.2, 0.25) is 0 Å². The highest BCUT2D eigenvalue weighted by molar-refractivity contribution is 5.75. The molecule has 1 fully saturated rings. The molecule has 0 heterocycles. The summed E-state index contributed by atoms with van der Waals surface area (Å²) < 4.78 is 5.23. The SMILES string of the molecule is COc1cccc(CN(C)CC2(C(=O)O)CCCCC2)c1. The summed E-state index contributed by atoms with van der Waals surface area (Å²) in [6, 6.07) is 7.94. The number of ether oxygens (including phenoxy) is 1. The predicted octanol–water partition coefficient (Wildman–Crippen LogP) is 3.16. The molecule has 0 aliphatic heterocycles. The number of carboxylic acid groups (broad SMARTS) is 1. The van der Waals surface area contributed by atoms with E-state index in [0.717, 1.165) is 50.0 Å². The summed E-state index contributed by atoms with van der Waals surface area (Å²) in [7, 11) is 3.66. The van der Waals surface area contributed by atoms with Crippen molar-refractivity contribution in [1.29, 1.82) is 0 Å². The van der Waals surface area contributed by atoms with E-state index in [1.807, 2.05) is 31.3 Å². The second-order valence-corrected chi connectivity index (χ2v) is 6.17. The zero-order chi connectivity index (χ0) is 15.3. The standard InChI is InChI=1S/C17H25NO3/c1-18(12-14-7-6-8-15(11-14)21-2)13-17(16(19)20)9-4-3-5-10-17/h6-8,11H,3-5,9-10,12-13H2,1-2H3,(H,19,20). The lowest BCUT2D eigenvalue weighted by atomic mass is 9.73. The molecule has 4 nitrogen and oxygen atoms in total. The smallest absolute Gasteiger partial charge is 0.310 e. The second-order valence-electron chi connectivity index (χ2n) is 6.17. The van der Waals surface area contributed by atoms with E-state index in [4.69, 9.17) is 4.74 Å². The molecular formula is C17H25NO3.